The summed E-state index contributed by atoms with van der Waals surface area (Å²) in [6, 6.07) is 27.5. The van der Waals surface area contributed by atoms with E-state index in [9.17, 15) is 9.59 Å². The number of carbonyl (C=O) groups is 2. The molecule has 0 N–H and O–H groups in total. The number of esters is 1. The Bertz CT molecular complexity index is 984. The second kappa shape index (κ2) is 10.0. The monoisotopic (exact) mass is 398 g/mol. The van der Waals surface area contributed by atoms with Crippen molar-refractivity contribution in [3.05, 3.63) is 107 Å². The van der Waals surface area contributed by atoms with E-state index in [0.717, 1.165) is 11.1 Å². The van der Waals surface area contributed by atoms with Gasteiger partial charge in [-0.15, -0.1) is 0 Å². The number of nitrogens with zero attached hydrogens (tertiary/aromatic N) is 2. The fraction of sp³-hybridized carbons (Fsp3) is 0.160. The molecule has 3 aromatic carbocycles. The molecule has 5 nitrogen and oxygen atoms in total. The Morgan fingerprint density at radius 1 is 0.867 bits per heavy atom. The van der Waals surface area contributed by atoms with Crippen molar-refractivity contribution in [1.29, 1.82) is 5.26 Å². The van der Waals surface area contributed by atoms with Gasteiger partial charge in [0.05, 0.1) is 17.2 Å². The molecule has 1 amide bonds. The van der Waals surface area contributed by atoms with E-state index in [0.29, 0.717) is 24.2 Å². The maximum absolute atomic E-state index is 13.1. The van der Waals surface area contributed by atoms with Crippen LogP contribution in [0.3, 0.4) is 0 Å². The van der Waals surface area contributed by atoms with Crippen molar-refractivity contribution in [2.45, 2.75) is 26.1 Å². The topological polar surface area (TPSA) is 70.4 Å². The summed E-state index contributed by atoms with van der Waals surface area (Å²) in [5, 5.41) is 8.87. The smallest absolute Gasteiger partial charge is 0.338 e. The summed E-state index contributed by atoms with van der Waals surface area (Å²) >= 11 is 0. The van der Waals surface area contributed by atoms with Crippen LogP contribution in [-0.2, 0) is 22.6 Å². The Hall–Kier alpha value is -3.91. The van der Waals surface area contributed by atoms with Crippen LogP contribution >= 0.6 is 0 Å². The number of hydrogen-bond acceptors (Lipinski definition) is 4. The minimum atomic E-state index is -0.944. The van der Waals surface area contributed by atoms with Crippen molar-refractivity contribution < 1.29 is 14.3 Å². The van der Waals surface area contributed by atoms with E-state index in [1.54, 1.807) is 24.0 Å². The molecule has 5 heteroatoms. The molecule has 0 aliphatic carbocycles. The van der Waals surface area contributed by atoms with Gasteiger partial charge in [-0.3, -0.25) is 4.79 Å². The van der Waals surface area contributed by atoms with Crippen molar-refractivity contribution in [2.75, 3.05) is 0 Å². The molecule has 0 fully saturated rings. The van der Waals surface area contributed by atoms with Gasteiger partial charge in [0.2, 0.25) is 0 Å². The molecule has 0 saturated heterocycles. The van der Waals surface area contributed by atoms with E-state index in [4.69, 9.17) is 10.00 Å². The molecule has 1 atom stereocenters. The largest absolute Gasteiger partial charge is 0.449 e. The average molecular weight is 398 g/mol. The van der Waals surface area contributed by atoms with Crippen LogP contribution in [0.5, 0.6) is 0 Å². The highest BCUT2D eigenvalue weighted by atomic mass is 16.5. The zero-order valence-electron chi connectivity index (χ0n) is 16.7. The molecule has 3 aromatic rings. The lowest BCUT2D eigenvalue weighted by molar-refractivity contribution is -0.141. The predicted octanol–water partition coefficient (Wildman–Crippen LogP) is 4.33. The Morgan fingerprint density at radius 2 is 1.37 bits per heavy atom. The third-order valence-electron chi connectivity index (χ3n) is 4.63. The Morgan fingerprint density at radius 3 is 1.83 bits per heavy atom. The van der Waals surface area contributed by atoms with Gasteiger partial charge in [-0.2, -0.15) is 5.26 Å². The van der Waals surface area contributed by atoms with Crippen LogP contribution < -0.4 is 0 Å². The lowest BCUT2D eigenvalue weighted by Gasteiger charge is -2.26. The summed E-state index contributed by atoms with van der Waals surface area (Å²) in [4.78, 5) is 27.2. The van der Waals surface area contributed by atoms with Gasteiger partial charge in [-0.05, 0) is 42.3 Å². The van der Waals surface area contributed by atoms with Gasteiger partial charge in [-0.25, -0.2) is 4.79 Å². The minimum Gasteiger partial charge on any atom is -0.449 e. The van der Waals surface area contributed by atoms with E-state index in [2.05, 4.69) is 0 Å². The molecular formula is C25H22N2O3. The highest BCUT2D eigenvalue weighted by molar-refractivity contribution is 5.92. The van der Waals surface area contributed by atoms with Crippen molar-refractivity contribution in [3.63, 3.8) is 0 Å². The zero-order chi connectivity index (χ0) is 21.3. The van der Waals surface area contributed by atoms with Gasteiger partial charge in [0, 0.05) is 13.1 Å². The molecule has 3 rings (SSSR count). The summed E-state index contributed by atoms with van der Waals surface area (Å²) < 4.78 is 5.42. The molecule has 0 heterocycles. The standard InChI is InChI=1S/C25H22N2O3/c1-19(30-25(29)23-14-12-20(16-26)13-15-23)24(28)27(17-21-8-4-2-5-9-21)18-22-10-6-3-7-11-22/h2-15,19H,17-18H2,1H3/t19-/m0/s1. The molecule has 0 unspecified atom stereocenters. The van der Waals surface area contributed by atoms with E-state index in [-0.39, 0.29) is 5.91 Å². The van der Waals surface area contributed by atoms with Crippen molar-refractivity contribution in [2.24, 2.45) is 0 Å². The van der Waals surface area contributed by atoms with Crippen LogP contribution in [0.4, 0.5) is 0 Å². The van der Waals surface area contributed by atoms with Crippen molar-refractivity contribution in [1.82, 2.24) is 4.90 Å². The van der Waals surface area contributed by atoms with E-state index in [1.165, 1.54) is 12.1 Å². The Kier molecular flexibility index (Phi) is 6.96. The van der Waals surface area contributed by atoms with Crippen molar-refractivity contribution >= 4 is 11.9 Å². The van der Waals surface area contributed by atoms with Gasteiger partial charge in [-0.1, -0.05) is 60.7 Å². The molecule has 0 aliphatic rings. The fourth-order valence-corrected chi connectivity index (χ4v) is 3.04. The summed E-state index contributed by atoms with van der Waals surface area (Å²) in [6.45, 7) is 2.40. The summed E-state index contributed by atoms with van der Waals surface area (Å²) in [5.41, 5.74) is 2.73. The zero-order valence-corrected chi connectivity index (χ0v) is 16.7. The molecule has 0 radical (unpaired) electrons. The van der Waals surface area contributed by atoms with Crippen LogP contribution in [-0.4, -0.2) is 22.9 Å². The highest BCUT2D eigenvalue weighted by Gasteiger charge is 2.25. The average Bonchev–Trinajstić information content (AvgIpc) is 2.79. The first-order valence-corrected chi connectivity index (χ1v) is 9.64. The SMILES string of the molecule is C[C@H](OC(=O)c1ccc(C#N)cc1)C(=O)N(Cc1ccccc1)Cc1ccccc1. The summed E-state index contributed by atoms with van der Waals surface area (Å²) in [6.07, 6.45) is -0.944. The molecule has 0 aromatic heterocycles. The van der Waals surface area contributed by atoms with E-state index < -0.39 is 12.1 Å². The maximum Gasteiger partial charge on any atom is 0.338 e. The van der Waals surface area contributed by atoms with Crippen LogP contribution in [0.1, 0.15) is 34.0 Å². The Labute approximate surface area is 176 Å². The quantitative estimate of drug-likeness (QED) is 0.556. The molecule has 0 bridgehead atoms. The normalized spacial score (nSPS) is 11.2. The van der Waals surface area contributed by atoms with Gasteiger partial charge in [0.25, 0.3) is 5.91 Å². The third-order valence-corrected chi connectivity index (χ3v) is 4.63. The molecule has 0 aliphatic heterocycles. The lowest BCUT2D eigenvalue weighted by Crippen LogP contribution is -2.39. The summed E-state index contributed by atoms with van der Waals surface area (Å²) in [5.74, 6) is -0.871. The molecular weight excluding hydrogens is 376 g/mol. The number of carbonyl (C=O) groups excluding carboxylic acids is 2. The van der Waals surface area contributed by atoms with Gasteiger partial charge in [0.15, 0.2) is 6.10 Å². The van der Waals surface area contributed by atoms with Crippen LogP contribution in [0.15, 0.2) is 84.9 Å². The summed E-state index contributed by atoms with van der Waals surface area (Å²) in [7, 11) is 0. The lowest BCUT2D eigenvalue weighted by atomic mass is 10.1. The first kappa shape index (κ1) is 20.8. The maximum atomic E-state index is 13.1. The number of rotatable bonds is 7. The molecule has 0 saturated carbocycles. The predicted molar refractivity (Wildman–Crippen MR) is 113 cm³/mol. The fourth-order valence-electron chi connectivity index (χ4n) is 3.04. The van der Waals surface area contributed by atoms with Crippen LogP contribution in [0.2, 0.25) is 0 Å². The van der Waals surface area contributed by atoms with Crippen molar-refractivity contribution in [3.8, 4) is 6.07 Å². The Balaban J connectivity index is 1.73. The molecule has 150 valence electrons. The van der Waals surface area contributed by atoms with E-state index in [1.807, 2.05) is 66.7 Å². The first-order chi connectivity index (χ1) is 14.6. The molecule has 30 heavy (non-hydrogen) atoms. The van der Waals surface area contributed by atoms with Gasteiger partial charge >= 0.3 is 5.97 Å². The first-order valence-electron chi connectivity index (χ1n) is 9.64. The number of hydrogen-bond donors (Lipinski definition) is 0. The van der Waals surface area contributed by atoms with Gasteiger partial charge in [0.1, 0.15) is 0 Å². The third kappa shape index (κ3) is 5.55. The van der Waals surface area contributed by atoms with Crippen LogP contribution in [0, 0.1) is 11.3 Å². The number of nitriles is 1. The number of amides is 1. The highest BCUT2D eigenvalue weighted by Crippen LogP contribution is 2.14. The number of benzene rings is 3. The van der Waals surface area contributed by atoms with Crippen LogP contribution in [0.25, 0.3) is 0 Å². The minimum absolute atomic E-state index is 0.273. The molecule has 0 spiro atoms. The second-order valence-electron chi connectivity index (χ2n) is 6.90. The van der Waals surface area contributed by atoms with Gasteiger partial charge < -0.3 is 9.64 Å². The van der Waals surface area contributed by atoms with E-state index >= 15 is 0 Å². The number of ether oxygens (including phenoxy) is 1. The second-order valence-corrected chi connectivity index (χ2v) is 6.90.